The topological polar surface area (TPSA) is 61.8 Å². The van der Waals surface area contributed by atoms with Gasteiger partial charge in [0.25, 0.3) is 0 Å². The van der Waals surface area contributed by atoms with E-state index in [1.807, 2.05) is 12.1 Å². The van der Waals surface area contributed by atoms with Gasteiger partial charge in [0, 0.05) is 11.3 Å². The Kier molecular flexibility index (Phi) is 2.95. The number of aliphatic hydroxyl groups excluding tert-OH is 1. The lowest BCUT2D eigenvalue weighted by atomic mass is 10.2. The minimum absolute atomic E-state index is 0.509. The zero-order chi connectivity index (χ0) is 9.97. The van der Waals surface area contributed by atoms with E-state index in [1.165, 1.54) is 6.33 Å². The maximum atomic E-state index is 9.73. The third-order valence-corrected chi connectivity index (χ3v) is 3.42. The number of H-pyrrole nitrogens is 1. The van der Waals surface area contributed by atoms with Gasteiger partial charge in [0.2, 0.25) is 0 Å². The molecular formula is C8H8BrN3OS. The standard InChI is InChI=1S/C8H8BrN3OS/c9-7-2-1-5(14-7)3-6(13)8-10-4-11-12-8/h1-2,4,6,13H,3H2,(H,10,11,12). The van der Waals surface area contributed by atoms with E-state index in [9.17, 15) is 5.11 Å². The average Bonchev–Trinajstić information content (AvgIpc) is 2.75. The molecule has 0 amide bonds. The first-order chi connectivity index (χ1) is 6.75. The summed E-state index contributed by atoms with van der Waals surface area (Å²) in [5.41, 5.74) is 0. The minimum Gasteiger partial charge on any atom is -0.385 e. The van der Waals surface area contributed by atoms with Crippen LogP contribution < -0.4 is 0 Å². The van der Waals surface area contributed by atoms with E-state index >= 15 is 0 Å². The molecule has 0 spiro atoms. The maximum absolute atomic E-state index is 9.73. The van der Waals surface area contributed by atoms with Gasteiger partial charge in [-0.25, -0.2) is 4.98 Å². The van der Waals surface area contributed by atoms with Crippen LogP contribution in [0.2, 0.25) is 0 Å². The Balaban J connectivity index is 2.05. The molecule has 2 aromatic heterocycles. The van der Waals surface area contributed by atoms with Crippen LogP contribution in [0.3, 0.4) is 0 Å². The van der Waals surface area contributed by atoms with E-state index < -0.39 is 6.10 Å². The van der Waals surface area contributed by atoms with Crippen molar-refractivity contribution in [2.75, 3.05) is 0 Å². The molecule has 2 N–H and O–H groups in total. The van der Waals surface area contributed by atoms with Gasteiger partial charge < -0.3 is 5.11 Å². The predicted octanol–water partition coefficient (Wildman–Crippen LogP) is 1.90. The van der Waals surface area contributed by atoms with Crippen LogP contribution in [-0.2, 0) is 6.42 Å². The second kappa shape index (κ2) is 4.20. The molecule has 0 aliphatic rings. The van der Waals surface area contributed by atoms with Gasteiger partial charge in [-0.2, -0.15) is 5.10 Å². The van der Waals surface area contributed by atoms with Crippen LogP contribution in [0.4, 0.5) is 0 Å². The summed E-state index contributed by atoms with van der Waals surface area (Å²) in [6.45, 7) is 0. The summed E-state index contributed by atoms with van der Waals surface area (Å²) in [5.74, 6) is 0.509. The van der Waals surface area contributed by atoms with Gasteiger partial charge in [-0.1, -0.05) is 0 Å². The van der Waals surface area contributed by atoms with Gasteiger partial charge in [0.1, 0.15) is 12.4 Å². The largest absolute Gasteiger partial charge is 0.385 e. The number of hydrogen-bond donors (Lipinski definition) is 2. The lowest BCUT2D eigenvalue weighted by molar-refractivity contribution is 0.169. The van der Waals surface area contributed by atoms with Crippen molar-refractivity contribution in [3.8, 4) is 0 Å². The lowest BCUT2D eigenvalue weighted by Gasteiger charge is -2.03. The molecule has 1 unspecified atom stereocenters. The van der Waals surface area contributed by atoms with Crippen LogP contribution in [0.25, 0.3) is 0 Å². The van der Waals surface area contributed by atoms with Crippen molar-refractivity contribution in [1.82, 2.24) is 15.2 Å². The van der Waals surface area contributed by atoms with Crippen molar-refractivity contribution >= 4 is 27.3 Å². The number of nitrogens with one attached hydrogen (secondary N) is 1. The molecule has 74 valence electrons. The molecule has 4 nitrogen and oxygen atoms in total. The molecule has 0 saturated heterocycles. The highest BCUT2D eigenvalue weighted by molar-refractivity contribution is 9.11. The summed E-state index contributed by atoms with van der Waals surface area (Å²) in [6.07, 6.45) is 1.34. The van der Waals surface area contributed by atoms with E-state index in [2.05, 4.69) is 31.1 Å². The second-order valence-corrected chi connectivity index (χ2v) is 5.34. The zero-order valence-electron chi connectivity index (χ0n) is 7.14. The Morgan fingerprint density at radius 2 is 2.43 bits per heavy atom. The van der Waals surface area contributed by atoms with Crippen LogP contribution in [0.5, 0.6) is 0 Å². The average molecular weight is 274 g/mol. The summed E-state index contributed by atoms with van der Waals surface area (Å²) < 4.78 is 1.07. The first kappa shape index (κ1) is 9.82. The van der Waals surface area contributed by atoms with E-state index in [0.717, 1.165) is 8.66 Å². The quantitative estimate of drug-likeness (QED) is 0.898. The first-order valence-electron chi connectivity index (χ1n) is 4.03. The number of nitrogens with zero attached hydrogens (tertiary/aromatic N) is 2. The summed E-state index contributed by atoms with van der Waals surface area (Å²) in [5, 5.41) is 16.1. The smallest absolute Gasteiger partial charge is 0.153 e. The Labute approximate surface area is 93.1 Å². The van der Waals surface area contributed by atoms with E-state index in [-0.39, 0.29) is 0 Å². The number of thiophene rings is 1. The summed E-state index contributed by atoms with van der Waals surface area (Å²) >= 11 is 4.98. The molecule has 1 atom stereocenters. The highest BCUT2D eigenvalue weighted by atomic mass is 79.9. The fourth-order valence-corrected chi connectivity index (χ4v) is 2.64. The molecule has 0 aromatic carbocycles. The van der Waals surface area contributed by atoms with Gasteiger partial charge in [0.15, 0.2) is 5.82 Å². The summed E-state index contributed by atoms with van der Waals surface area (Å²) in [4.78, 5) is 5.01. The molecule has 6 heteroatoms. The number of aliphatic hydroxyl groups is 1. The highest BCUT2D eigenvalue weighted by Gasteiger charge is 2.12. The third-order valence-electron chi connectivity index (χ3n) is 1.77. The Bertz CT molecular complexity index is 400. The number of hydrogen-bond acceptors (Lipinski definition) is 4. The molecule has 0 bridgehead atoms. The first-order valence-corrected chi connectivity index (χ1v) is 5.64. The monoisotopic (exact) mass is 273 g/mol. The zero-order valence-corrected chi connectivity index (χ0v) is 9.55. The number of halogens is 1. The Morgan fingerprint density at radius 1 is 1.57 bits per heavy atom. The molecule has 14 heavy (non-hydrogen) atoms. The van der Waals surface area contributed by atoms with Crippen LogP contribution in [0.15, 0.2) is 22.2 Å². The fraction of sp³-hybridized carbons (Fsp3) is 0.250. The van der Waals surface area contributed by atoms with Crippen LogP contribution in [0.1, 0.15) is 16.8 Å². The summed E-state index contributed by atoms with van der Waals surface area (Å²) in [7, 11) is 0. The van der Waals surface area contributed by atoms with Crippen LogP contribution in [0, 0.1) is 0 Å². The summed E-state index contributed by atoms with van der Waals surface area (Å²) in [6, 6.07) is 3.95. The molecular weight excluding hydrogens is 266 g/mol. The molecule has 0 aliphatic carbocycles. The van der Waals surface area contributed by atoms with Crippen LogP contribution in [-0.4, -0.2) is 20.3 Å². The van der Waals surface area contributed by atoms with Crippen molar-refractivity contribution in [1.29, 1.82) is 0 Å². The number of aromatic amines is 1. The fourth-order valence-electron chi connectivity index (χ4n) is 1.12. The van der Waals surface area contributed by atoms with Gasteiger partial charge >= 0.3 is 0 Å². The van der Waals surface area contributed by atoms with Crippen LogP contribution >= 0.6 is 27.3 Å². The van der Waals surface area contributed by atoms with E-state index in [4.69, 9.17) is 0 Å². The van der Waals surface area contributed by atoms with E-state index in [0.29, 0.717) is 12.2 Å². The molecule has 2 heterocycles. The molecule has 2 rings (SSSR count). The molecule has 2 aromatic rings. The minimum atomic E-state index is -0.608. The molecule has 0 fully saturated rings. The Morgan fingerprint density at radius 3 is 3.00 bits per heavy atom. The van der Waals surface area contributed by atoms with Crippen molar-refractivity contribution < 1.29 is 5.11 Å². The predicted molar refractivity (Wildman–Crippen MR) is 57.1 cm³/mol. The van der Waals surface area contributed by atoms with E-state index in [1.54, 1.807) is 11.3 Å². The number of rotatable bonds is 3. The van der Waals surface area contributed by atoms with Gasteiger partial charge in [-0.3, -0.25) is 5.10 Å². The molecule has 0 radical (unpaired) electrons. The maximum Gasteiger partial charge on any atom is 0.153 e. The highest BCUT2D eigenvalue weighted by Crippen LogP contribution is 2.25. The van der Waals surface area contributed by atoms with Gasteiger partial charge in [-0.15, -0.1) is 11.3 Å². The van der Waals surface area contributed by atoms with Crippen molar-refractivity contribution in [2.24, 2.45) is 0 Å². The SMILES string of the molecule is OC(Cc1ccc(Br)s1)c1ncn[nH]1. The van der Waals surface area contributed by atoms with Gasteiger partial charge in [-0.05, 0) is 28.1 Å². The lowest BCUT2D eigenvalue weighted by Crippen LogP contribution is -2.02. The molecule has 0 saturated carbocycles. The number of aromatic nitrogens is 3. The third kappa shape index (κ3) is 2.20. The second-order valence-electron chi connectivity index (χ2n) is 2.80. The van der Waals surface area contributed by atoms with Crippen molar-refractivity contribution in [3.05, 3.63) is 32.9 Å². The molecule has 0 aliphatic heterocycles. The van der Waals surface area contributed by atoms with Crippen molar-refractivity contribution in [2.45, 2.75) is 12.5 Å². The van der Waals surface area contributed by atoms with Gasteiger partial charge in [0.05, 0.1) is 3.79 Å². The van der Waals surface area contributed by atoms with Crippen molar-refractivity contribution in [3.63, 3.8) is 0 Å². The Hall–Kier alpha value is -0.720. The normalized spacial score (nSPS) is 13.0.